The van der Waals surface area contributed by atoms with Gasteiger partial charge in [-0.2, -0.15) is 0 Å². The maximum atomic E-state index is 13.0. The minimum absolute atomic E-state index is 0.0281. The first-order valence-electron chi connectivity index (χ1n) is 9.98. The van der Waals surface area contributed by atoms with Crippen LogP contribution in [-0.4, -0.2) is 47.4 Å². The van der Waals surface area contributed by atoms with E-state index in [0.717, 1.165) is 10.2 Å². The summed E-state index contributed by atoms with van der Waals surface area (Å²) in [6, 6.07) is 7.63. The fourth-order valence-corrected chi connectivity index (χ4v) is 4.80. The molecule has 1 unspecified atom stereocenters. The normalized spacial score (nSPS) is 16.4. The predicted molar refractivity (Wildman–Crippen MR) is 117 cm³/mol. The molecule has 1 aromatic carbocycles. The predicted octanol–water partition coefficient (Wildman–Crippen LogP) is 3.85. The third-order valence-electron chi connectivity index (χ3n) is 5.37. The van der Waals surface area contributed by atoms with Crippen molar-refractivity contribution in [1.29, 1.82) is 0 Å². The van der Waals surface area contributed by atoms with Crippen molar-refractivity contribution in [2.75, 3.05) is 19.0 Å². The van der Waals surface area contributed by atoms with Crippen LogP contribution in [0.2, 0.25) is 0 Å². The van der Waals surface area contributed by atoms with Gasteiger partial charge in [-0.05, 0) is 32.9 Å². The lowest BCUT2D eigenvalue weighted by Gasteiger charge is -2.20. The number of anilines is 1. The Morgan fingerprint density at radius 1 is 1.32 bits per heavy atom. The first kappa shape index (κ1) is 21.0. The molecular weight excluding hydrogens is 418 g/mol. The number of thiazole rings is 1. The lowest BCUT2D eigenvalue weighted by atomic mass is 10.1. The van der Waals surface area contributed by atoms with Crippen molar-refractivity contribution in [3.05, 3.63) is 35.6 Å². The average molecular weight is 442 g/mol. The number of fused-ring (bicyclic) bond motifs is 1. The second kappa shape index (κ2) is 8.14. The highest BCUT2D eigenvalue weighted by molar-refractivity contribution is 7.21. The van der Waals surface area contributed by atoms with Gasteiger partial charge in [0, 0.05) is 19.0 Å². The van der Waals surface area contributed by atoms with E-state index >= 15 is 0 Å². The van der Waals surface area contributed by atoms with Gasteiger partial charge < -0.3 is 14.1 Å². The van der Waals surface area contributed by atoms with Crippen LogP contribution in [0.1, 0.15) is 36.4 Å². The summed E-state index contributed by atoms with van der Waals surface area (Å²) in [5.74, 6) is -0.986. The van der Waals surface area contributed by atoms with E-state index in [2.05, 4.69) is 10.3 Å². The van der Waals surface area contributed by atoms with Crippen LogP contribution in [0, 0.1) is 12.8 Å². The summed E-state index contributed by atoms with van der Waals surface area (Å²) < 4.78 is 11.7. The van der Waals surface area contributed by atoms with Crippen LogP contribution < -0.4 is 5.32 Å². The molecule has 0 aliphatic carbocycles. The Labute approximate surface area is 183 Å². The van der Waals surface area contributed by atoms with Crippen molar-refractivity contribution in [2.24, 2.45) is 5.92 Å². The highest BCUT2D eigenvalue weighted by Gasteiger charge is 2.37. The van der Waals surface area contributed by atoms with Gasteiger partial charge in [0.1, 0.15) is 16.3 Å². The van der Waals surface area contributed by atoms with Crippen LogP contribution in [0.15, 0.2) is 28.7 Å². The van der Waals surface area contributed by atoms with Crippen molar-refractivity contribution in [1.82, 2.24) is 9.88 Å². The number of carbonyl (C=O) groups excluding carboxylic acids is 3. The van der Waals surface area contributed by atoms with Crippen molar-refractivity contribution < 1.29 is 23.5 Å². The van der Waals surface area contributed by atoms with E-state index in [1.54, 1.807) is 11.8 Å². The number of aryl methyl sites for hydroxylation is 1. The molecule has 3 aromatic rings. The van der Waals surface area contributed by atoms with E-state index in [1.807, 2.05) is 38.1 Å². The Morgan fingerprint density at radius 3 is 2.71 bits per heavy atom. The minimum Gasteiger partial charge on any atom is -0.465 e. The van der Waals surface area contributed by atoms with Crippen LogP contribution in [0.5, 0.6) is 0 Å². The lowest BCUT2D eigenvalue weighted by molar-refractivity contribution is -0.129. The van der Waals surface area contributed by atoms with Gasteiger partial charge in [0.2, 0.25) is 17.7 Å². The molecule has 2 aromatic heterocycles. The van der Waals surface area contributed by atoms with Gasteiger partial charge in [0.15, 0.2) is 0 Å². The maximum Gasteiger partial charge on any atom is 0.342 e. The summed E-state index contributed by atoms with van der Waals surface area (Å²) in [6.45, 7) is 5.82. The molecule has 1 aliphatic heterocycles. The van der Waals surface area contributed by atoms with Gasteiger partial charge in [-0.1, -0.05) is 12.1 Å². The number of rotatable bonds is 5. The average Bonchev–Trinajstić information content (AvgIpc) is 3.41. The molecule has 9 heteroatoms. The lowest BCUT2D eigenvalue weighted by Crippen LogP contribution is -2.33. The molecule has 0 bridgehead atoms. The van der Waals surface area contributed by atoms with Gasteiger partial charge in [-0.15, -0.1) is 11.3 Å². The number of nitrogens with one attached hydrogen (secondary N) is 1. The molecule has 1 atom stereocenters. The zero-order valence-electron chi connectivity index (χ0n) is 17.7. The second-order valence-electron chi connectivity index (χ2n) is 7.75. The van der Waals surface area contributed by atoms with Crippen molar-refractivity contribution >= 4 is 45.2 Å². The van der Waals surface area contributed by atoms with Crippen LogP contribution in [0.25, 0.3) is 20.8 Å². The van der Waals surface area contributed by atoms with Crippen LogP contribution in [0.4, 0.5) is 5.88 Å². The summed E-state index contributed by atoms with van der Waals surface area (Å²) in [4.78, 5) is 44.0. The van der Waals surface area contributed by atoms with Gasteiger partial charge >= 0.3 is 5.97 Å². The molecule has 4 rings (SSSR count). The monoisotopic (exact) mass is 441 g/mol. The number of likely N-dealkylation sites (tertiary alicyclic amines) is 1. The van der Waals surface area contributed by atoms with E-state index in [1.165, 1.54) is 18.4 Å². The van der Waals surface area contributed by atoms with Crippen LogP contribution in [-0.2, 0) is 14.3 Å². The molecule has 162 valence electrons. The number of nitrogens with zero attached hydrogens (tertiary/aromatic N) is 2. The highest BCUT2D eigenvalue weighted by Crippen LogP contribution is 2.41. The van der Waals surface area contributed by atoms with Crippen molar-refractivity contribution in [3.8, 4) is 10.6 Å². The molecule has 31 heavy (non-hydrogen) atoms. The summed E-state index contributed by atoms with van der Waals surface area (Å²) in [5.41, 5.74) is 1.40. The fourth-order valence-electron chi connectivity index (χ4n) is 3.78. The number of carbonyl (C=O) groups is 3. The summed E-state index contributed by atoms with van der Waals surface area (Å²) in [5, 5.41) is 3.33. The maximum absolute atomic E-state index is 13.0. The molecule has 1 aliphatic rings. The molecular formula is C22H23N3O5S. The van der Waals surface area contributed by atoms with E-state index in [-0.39, 0.29) is 35.7 Å². The van der Waals surface area contributed by atoms with E-state index in [4.69, 9.17) is 9.15 Å². The molecule has 1 fully saturated rings. The Hall–Kier alpha value is -3.20. The number of ether oxygens (including phenoxy) is 1. The van der Waals surface area contributed by atoms with Gasteiger partial charge in [-0.3, -0.25) is 14.9 Å². The number of methoxy groups -OCH3 is 1. The SMILES string of the molecule is COC(=O)c1c(C)oc(NC(=O)C2CC(=O)N(C(C)C)C2)c1-c1nc2ccccc2s1. The standard InChI is InChI=1S/C22H23N3O5S/c1-11(2)25-10-13(9-16(25)26)19(27)24-20-18(17(12(3)30-20)22(28)29-4)21-23-14-7-5-6-8-15(14)31-21/h5-8,11,13H,9-10H2,1-4H3,(H,24,27). The number of furan rings is 1. The number of amides is 2. The molecule has 1 N–H and O–H groups in total. The first-order chi connectivity index (χ1) is 14.8. The summed E-state index contributed by atoms with van der Waals surface area (Å²) >= 11 is 1.39. The molecule has 0 saturated carbocycles. The molecule has 2 amide bonds. The van der Waals surface area contributed by atoms with E-state index in [9.17, 15) is 14.4 Å². The number of para-hydroxylation sites is 1. The first-order valence-corrected chi connectivity index (χ1v) is 10.8. The Bertz CT molecular complexity index is 1150. The Morgan fingerprint density at radius 2 is 2.06 bits per heavy atom. The molecule has 0 spiro atoms. The molecule has 3 heterocycles. The van der Waals surface area contributed by atoms with Crippen molar-refractivity contribution in [3.63, 3.8) is 0 Å². The number of hydrogen-bond donors (Lipinski definition) is 1. The Balaban J connectivity index is 1.72. The van der Waals surface area contributed by atoms with Gasteiger partial charge in [0.25, 0.3) is 0 Å². The summed E-state index contributed by atoms with van der Waals surface area (Å²) in [6.07, 6.45) is 0.143. The van der Waals surface area contributed by atoms with E-state index in [0.29, 0.717) is 22.9 Å². The number of aromatic nitrogens is 1. The minimum atomic E-state index is -0.571. The molecule has 8 nitrogen and oxygen atoms in total. The highest BCUT2D eigenvalue weighted by atomic mass is 32.1. The number of hydrogen-bond acceptors (Lipinski definition) is 7. The third-order valence-corrected chi connectivity index (χ3v) is 6.42. The number of benzene rings is 1. The zero-order chi connectivity index (χ0) is 22.3. The Kier molecular flexibility index (Phi) is 5.53. The fraction of sp³-hybridized carbons (Fsp3) is 0.364. The second-order valence-corrected chi connectivity index (χ2v) is 8.78. The van der Waals surface area contributed by atoms with E-state index < -0.39 is 11.9 Å². The smallest absolute Gasteiger partial charge is 0.342 e. The van der Waals surface area contributed by atoms with Gasteiger partial charge in [-0.25, -0.2) is 9.78 Å². The zero-order valence-corrected chi connectivity index (χ0v) is 18.5. The topological polar surface area (TPSA) is 102 Å². The van der Waals surface area contributed by atoms with Crippen LogP contribution in [0.3, 0.4) is 0 Å². The largest absolute Gasteiger partial charge is 0.465 e. The molecule has 1 saturated heterocycles. The number of esters is 1. The van der Waals surface area contributed by atoms with Crippen LogP contribution >= 0.6 is 11.3 Å². The summed E-state index contributed by atoms with van der Waals surface area (Å²) in [7, 11) is 1.29. The third kappa shape index (κ3) is 3.81. The van der Waals surface area contributed by atoms with Gasteiger partial charge in [0.05, 0.1) is 28.8 Å². The van der Waals surface area contributed by atoms with Crippen molar-refractivity contribution in [2.45, 2.75) is 33.2 Å². The quantitative estimate of drug-likeness (QED) is 0.604. The molecule has 0 radical (unpaired) electrons.